The highest BCUT2D eigenvalue weighted by molar-refractivity contribution is 7.89. The number of hydrogen-bond donors (Lipinski definition) is 2. The van der Waals surface area contributed by atoms with Gasteiger partial charge in [-0.25, -0.2) is 18.1 Å². The van der Waals surface area contributed by atoms with E-state index >= 15 is 0 Å². The van der Waals surface area contributed by atoms with Gasteiger partial charge < -0.3 is 9.88 Å². The molecule has 0 unspecified atom stereocenters. The lowest BCUT2D eigenvalue weighted by Gasteiger charge is -2.10. The van der Waals surface area contributed by atoms with Crippen LogP contribution in [0.3, 0.4) is 0 Å². The van der Waals surface area contributed by atoms with E-state index in [-0.39, 0.29) is 4.90 Å². The van der Waals surface area contributed by atoms with Crippen molar-refractivity contribution >= 4 is 15.7 Å². The first kappa shape index (κ1) is 15.5. The van der Waals surface area contributed by atoms with Crippen molar-refractivity contribution < 1.29 is 8.42 Å². The van der Waals surface area contributed by atoms with Gasteiger partial charge in [0.1, 0.15) is 5.82 Å². The number of nitrogens with one attached hydrogen (secondary N) is 2. The third-order valence-corrected chi connectivity index (χ3v) is 4.54. The molecule has 1 heterocycles. The number of aryl methyl sites for hydroxylation is 1. The first-order valence-electron chi connectivity index (χ1n) is 6.84. The Morgan fingerprint density at radius 2 is 2.14 bits per heavy atom. The van der Waals surface area contributed by atoms with Crippen LogP contribution in [0.25, 0.3) is 0 Å². The van der Waals surface area contributed by atoms with E-state index in [4.69, 9.17) is 0 Å². The molecule has 0 aliphatic heterocycles. The summed E-state index contributed by atoms with van der Waals surface area (Å²) in [6, 6.07) is 6.72. The minimum Gasteiger partial charge on any atom is -0.378 e. The topological polar surface area (TPSA) is 76.0 Å². The molecule has 0 aliphatic carbocycles. The third-order valence-electron chi connectivity index (χ3n) is 3.13. The number of nitrogens with zero attached hydrogens (tertiary/aromatic N) is 2. The summed E-state index contributed by atoms with van der Waals surface area (Å²) in [7, 11) is -2.02. The fraction of sp³-hybridized carbons (Fsp3) is 0.357. The van der Waals surface area contributed by atoms with Crippen molar-refractivity contribution in [2.45, 2.75) is 31.3 Å². The van der Waals surface area contributed by atoms with Gasteiger partial charge in [-0.2, -0.15) is 0 Å². The van der Waals surface area contributed by atoms with Gasteiger partial charge >= 0.3 is 0 Å². The zero-order valence-corrected chi connectivity index (χ0v) is 13.0. The predicted octanol–water partition coefficient (Wildman–Crippen LogP) is 1.81. The maximum Gasteiger partial charge on any atom is 0.240 e. The molecule has 1 aromatic carbocycles. The molecule has 0 spiro atoms. The lowest BCUT2D eigenvalue weighted by molar-refractivity contribution is 0.588. The summed E-state index contributed by atoms with van der Waals surface area (Å²) in [5.74, 6) is 0.929. The summed E-state index contributed by atoms with van der Waals surface area (Å²) < 4.78 is 27.9. The molecule has 0 aliphatic rings. The summed E-state index contributed by atoms with van der Waals surface area (Å²) in [5.41, 5.74) is 0.748. The second-order valence-corrected chi connectivity index (χ2v) is 6.51. The summed E-state index contributed by atoms with van der Waals surface area (Å²) in [6.07, 6.45) is 4.76. The average Bonchev–Trinajstić information content (AvgIpc) is 2.93. The molecule has 2 rings (SSSR count). The van der Waals surface area contributed by atoms with Crippen LogP contribution < -0.4 is 10.0 Å². The summed E-state index contributed by atoms with van der Waals surface area (Å²) in [4.78, 5) is 4.55. The molecule has 0 saturated heterocycles. The van der Waals surface area contributed by atoms with Gasteiger partial charge in [0.05, 0.1) is 11.4 Å². The summed E-state index contributed by atoms with van der Waals surface area (Å²) in [6.45, 7) is 3.59. The Kier molecular flexibility index (Phi) is 4.98. The molecule has 0 saturated carbocycles. The van der Waals surface area contributed by atoms with Gasteiger partial charge in [-0.05, 0) is 31.7 Å². The highest BCUT2D eigenvalue weighted by atomic mass is 32.2. The number of anilines is 1. The summed E-state index contributed by atoms with van der Waals surface area (Å²) >= 11 is 0. The molecule has 6 nitrogen and oxygen atoms in total. The molecule has 7 heteroatoms. The molecule has 1 aromatic heterocycles. The molecule has 0 radical (unpaired) electrons. The van der Waals surface area contributed by atoms with Crippen molar-refractivity contribution in [2.75, 3.05) is 12.4 Å². The second-order valence-electron chi connectivity index (χ2n) is 4.63. The minimum atomic E-state index is -3.42. The van der Waals surface area contributed by atoms with E-state index in [0.29, 0.717) is 6.54 Å². The van der Waals surface area contributed by atoms with Gasteiger partial charge in [-0.3, -0.25) is 0 Å². The van der Waals surface area contributed by atoms with Gasteiger partial charge in [0, 0.05) is 24.6 Å². The van der Waals surface area contributed by atoms with E-state index in [0.717, 1.165) is 24.5 Å². The Labute approximate surface area is 125 Å². The number of rotatable bonds is 7. The Hall–Kier alpha value is -1.86. The Bertz CT molecular complexity index is 695. The Morgan fingerprint density at radius 3 is 2.86 bits per heavy atom. The lowest BCUT2D eigenvalue weighted by Crippen LogP contribution is -2.18. The minimum absolute atomic E-state index is 0.243. The van der Waals surface area contributed by atoms with E-state index in [9.17, 15) is 8.42 Å². The zero-order chi connectivity index (χ0) is 15.3. The normalized spacial score (nSPS) is 11.5. The van der Waals surface area contributed by atoms with Crippen molar-refractivity contribution in [3.8, 4) is 0 Å². The van der Waals surface area contributed by atoms with Crippen LogP contribution in [0.2, 0.25) is 0 Å². The van der Waals surface area contributed by atoms with Crippen LogP contribution in [0.15, 0.2) is 41.6 Å². The monoisotopic (exact) mass is 308 g/mol. The van der Waals surface area contributed by atoms with Crippen LogP contribution in [0.4, 0.5) is 5.69 Å². The van der Waals surface area contributed by atoms with Gasteiger partial charge in [0.25, 0.3) is 0 Å². The molecule has 21 heavy (non-hydrogen) atoms. The molecule has 0 amide bonds. The molecular formula is C14H20N4O2S. The number of benzene rings is 1. The number of hydrogen-bond acceptors (Lipinski definition) is 4. The molecule has 0 atom stereocenters. The van der Waals surface area contributed by atoms with Crippen molar-refractivity contribution in [1.82, 2.24) is 14.3 Å². The van der Waals surface area contributed by atoms with Crippen LogP contribution in [-0.4, -0.2) is 25.0 Å². The fourth-order valence-electron chi connectivity index (χ4n) is 2.02. The van der Waals surface area contributed by atoms with E-state index in [1.807, 2.05) is 12.3 Å². The molecular weight excluding hydrogens is 288 g/mol. The highest BCUT2D eigenvalue weighted by Gasteiger charge is 2.11. The van der Waals surface area contributed by atoms with Crippen LogP contribution in [0.5, 0.6) is 0 Å². The number of aromatic nitrogens is 2. The fourth-order valence-corrected chi connectivity index (χ4v) is 2.80. The summed E-state index contributed by atoms with van der Waals surface area (Å²) in [5, 5.41) is 3.21. The third kappa shape index (κ3) is 3.83. The first-order valence-corrected chi connectivity index (χ1v) is 8.32. The van der Waals surface area contributed by atoms with Crippen LogP contribution in [0.1, 0.15) is 19.2 Å². The molecule has 0 bridgehead atoms. The Morgan fingerprint density at radius 1 is 1.33 bits per heavy atom. The number of sulfonamides is 1. The van der Waals surface area contributed by atoms with E-state index in [1.54, 1.807) is 24.4 Å². The van der Waals surface area contributed by atoms with Crippen LogP contribution >= 0.6 is 0 Å². The largest absolute Gasteiger partial charge is 0.378 e. The maximum atomic E-state index is 11.8. The zero-order valence-electron chi connectivity index (χ0n) is 12.2. The standard InChI is InChI=1S/C14H20N4O2S/c1-3-8-18-9-7-16-14(18)11-17-12-5-4-6-13(10-12)21(19,20)15-2/h4-7,9-10,15,17H,3,8,11H2,1-2H3. The van der Waals surface area contributed by atoms with Crippen molar-refractivity contribution in [3.05, 3.63) is 42.5 Å². The molecule has 2 aromatic rings. The smallest absolute Gasteiger partial charge is 0.240 e. The second kappa shape index (κ2) is 6.73. The quantitative estimate of drug-likeness (QED) is 0.818. The van der Waals surface area contributed by atoms with Crippen molar-refractivity contribution in [1.29, 1.82) is 0 Å². The number of imidazole rings is 1. The van der Waals surface area contributed by atoms with Crippen LogP contribution in [-0.2, 0) is 23.1 Å². The van der Waals surface area contributed by atoms with Gasteiger partial charge in [-0.1, -0.05) is 13.0 Å². The maximum absolute atomic E-state index is 11.8. The van der Waals surface area contributed by atoms with Gasteiger partial charge in [0.15, 0.2) is 0 Å². The van der Waals surface area contributed by atoms with Crippen molar-refractivity contribution in [2.24, 2.45) is 0 Å². The first-order chi connectivity index (χ1) is 10.1. The van der Waals surface area contributed by atoms with Gasteiger partial charge in [-0.15, -0.1) is 0 Å². The SMILES string of the molecule is CCCn1ccnc1CNc1cccc(S(=O)(=O)NC)c1. The lowest BCUT2D eigenvalue weighted by atomic mass is 10.3. The van der Waals surface area contributed by atoms with E-state index < -0.39 is 10.0 Å². The molecule has 114 valence electrons. The highest BCUT2D eigenvalue weighted by Crippen LogP contribution is 2.15. The van der Waals surface area contributed by atoms with E-state index in [2.05, 4.69) is 26.5 Å². The van der Waals surface area contributed by atoms with Crippen LogP contribution in [0, 0.1) is 0 Å². The predicted molar refractivity (Wildman–Crippen MR) is 82.5 cm³/mol. The van der Waals surface area contributed by atoms with Gasteiger partial charge in [0.2, 0.25) is 10.0 Å². The Balaban J connectivity index is 2.10. The molecule has 0 fully saturated rings. The van der Waals surface area contributed by atoms with E-state index in [1.165, 1.54) is 7.05 Å². The molecule has 2 N–H and O–H groups in total. The van der Waals surface area contributed by atoms with Crippen molar-refractivity contribution in [3.63, 3.8) is 0 Å². The average molecular weight is 308 g/mol.